The van der Waals surface area contributed by atoms with Crippen LogP contribution in [-0.4, -0.2) is 28.4 Å². The fourth-order valence-electron chi connectivity index (χ4n) is 1.58. The standard InChI is InChI=1S/C14H19N3O2/c1-14(2,3)13-16-12(19-17-13)10-4-6-11(7-5-10)15-8-9-18/h4-7,15,18H,8-9H2,1-3H3. The fraction of sp³-hybridized carbons (Fsp3) is 0.429. The number of aliphatic hydroxyl groups is 1. The van der Waals surface area contributed by atoms with Crippen molar-refractivity contribution < 1.29 is 9.63 Å². The van der Waals surface area contributed by atoms with Crippen LogP contribution in [0.4, 0.5) is 5.69 Å². The molecule has 5 heteroatoms. The van der Waals surface area contributed by atoms with Crippen LogP contribution in [0.15, 0.2) is 28.8 Å². The number of nitrogens with zero attached hydrogens (tertiary/aromatic N) is 2. The van der Waals surface area contributed by atoms with Gasteiger partial charge in [-0.15, -0.1) is 0 Å². The molecular formula is C14H19N3O2. The van der Waals surface area contributed by atoms with E-state index in [2.05, 4.69) is 15.5 Å². The number of nitrogens with one attached hydrogen (secondary N) is 1. The van der Waals surface area contributed by atoms with Crippen molar-refractivity contribution >= 4 is 5.69 Å². The minimum absolute atomic E-state index is 0.111. The van der Waals surface area contributed by atoms with E-state index in [-0.39, 0.29) is 12.0 Å². The Hall–Kier alpha value is -1.88. The van der Waals surface area contributed by atoms with Crippen molar-refractivity contribution in [3.05, 3.63) is 30.1 Å². The second kappa shape index (κ2) is 5.40. The molecule has 1 heterocycles. The van der Waals surface area contributed by atoms with Crippen LogP contribution < -0.4 is 5.32 Å². The van der Waals surface area contributed by atoms with Gasteiger partial charge in [0, 0.05) is 23.2 Å². The average molecular weight is 261 g/mol. The van der Waals surface area contributed by atoms with E-state index < -0.39 is 0 Å². The Labute approximate surface area is 112 Å². The first kappa shape index (κ1) is 13.5. The van der Waals surface area contributed by atoms with Crippen molar-refractivity contribution in [2.45, 2.75) is 26.2 Å². The van der Waals surface area contributed by atoms with Crippen LogP contribution in [-0.2, 0) is 5.41 Å². The lowest BCUT2D eigenvalue weighted by molar-refractivity contribution is 0.311. The minimum Gasteiger partial charge on any atom is -0.395 e. The monoisotopic (exact) mass is 261 g/mol. The molecule has 0 amide bonds. The van der Waals surface area contributed by atoms with E-state index in [0.29, 0.717) is 18.3 Å². The van der Waals surface area contributed by atoms with Crippen molar-refractivity contribution in [3.8, 4) is 11.5 Å². The summed E-state index contributed by atoms with van der Waals surface area (Å²) in [6.45, 7) is 6.78. The summed E-state index contributed by atoms with van der Waals surface area (Å²) < 4.78 is 5.28. The predicted octanol–water partition coefficient (Wildman–Crippen LogP) is 2.44. The lowest BCUT2D eigenvalue weighted by Crippen LogP contribution is -2.13. The van der Waals surface area contributed by atoms with Gasteiger partial charge in [-0.05, 0) is 24.3 Å². The number of aromatic nitrogens is 2. The third-order valence-electron chi connectivity index (χ3n) is 2.67. The van der Waals surface area contributed by atoms with E-state index in [1.165, 1.54) is 0 Å². The van der Waals surface area contributed by atoms with Gasteiger partial charge in [0.05, 0.1) is 6.61 Å². The summed E-state index contributed by atoms with van der Waals surface area (Å²) in [5.74, 6) is 1.23. The van der Waals surface area contributed by atoms with Gasteiger partial charge in [-0.1, -0.05) is 25.9 Å². The number of rotatable bonds is 4. The van der Waals surface area contributed by atoms with E-state index in [4.69, 9.17) is 9.63 Å². The Bertz CT molecular complexity index is 526. The second-order valence-corrected chi connectivity index (χ2v) is 5.40. The summed E-state index contributed by atoms with van der Waals surface area (Å²) in [6, 6.07) is 7.68. The van der Waals surface area contributed by atoms with Gasteiger partial charge >= 0.3 is 0 Å². The van der Waals surface area contributed by atoms with Crippen LogP contribution in [0, 0.1) is 0 Å². The summed E-state index contributed by atoms with van der Waals surface area (Å²) in [5, 5.41) is 15.8. The summed E-state index contributed by atoms with van der Waals surface area (Å²) in [5.41, 5.74) is 1.72. The topological polar surface area (TPSA) is 71.2 Å². The predicted molar refractivity (Wildman–Crippen MR) is 74.0 cm³/mol. The van der Waals surface area contributed by atoms with Crippen LogP contribution in [0.3, 0.4) is 0 Å². The molecule has 1 aromatic carbocycles. The SMILES string of the molecule is CC(C)(C)c1noc(-c2ccc(NCCO)cc2)n1. The van der Waals surface area contributed by atoms with E-state index in [1.54, 1.807) is 0 Å². The molecule has 102 valence electrons. The Morgan fingerprint density at radius 3 is 2.42 bits per heavy atom. The Morgan fingerprint density at radius 2 is 1.89 bits per heavy atom. The quantitative estimate of drug-likeness (QED) is 0.884. The molecule has 2 N–H and O–H groups in total. The van der Waals surface area contributed by atoms with Crippen molar-refractivity contribution in [1.82, 2.24) is 10.1 Å². The van der Waals surface area contributed by atoms with Gasteiger partial charge in [0.2, 0.25) is 0 Å². The van der Waals surface area contributed by atoms with Gasteiger partial charge in [0.1, 0.15) is 0 Å². The number of hydrogen-bond acceptors (Lipinski definition) is 5. The van der Waals surface area contributed by atoms with Crippen molar-refractivity contribution in [1.29, 1.82) is 0 Å². The maximum atomic E-state index is 8.74. The number of benzene rings is 1. The zero-order valence-electron chi connectivity index (χ0n) is 11.5. The Balaban J connectivity index is 2.16. The molecular weight excluding hydrogens is 242 g/mol. The van der Waals surface area contributed by atoms with Gasteiger partial charge in [-0.2, -0.15) is 4.98 Å². The van der Waals surface area contributed by atoms with Gasteiger partial charge in [0.15, 0.2) is 5.82 Å². The maximum Gasteiger partial charge on any atom is 0.257 e. The highest BCUT2D eigenvalue weighted by atomic mass is 16.5. The molecule has 0 aliphatic rings. The molecule has 0 unspecified atom stereocenters. The molecule has 0 spiro atoms. The largest absolute Gasteiger partial charge is 0.395 e. The average Bonchev–Trinajstić information content (AvgIpc) is 2.86. The first-order chi connectivity index (χ1) is 9.00. The molecule has 0 saturated heterocycles. The Kier molecular flexibility index (Phi) is 3.85. The van der Waals surface area contributed by atoms with Gasteiger partial charge in [0.25, 0.3) is 5.89 Å². The second-order valence-electron chi connectivity index (χ2n) is 5.40. The van der Waals surface area contributed by atoms with Crippen LogP contribution >= 0.6 is 0 Å². The normalized spacial score (nSPS) is 11.6. The highest BCUT2D eigenvalue weighted by Crippen LogP contribution is 2.24. The molecule has 5 nitrogen and oxygen atoms in total. The molecule has 0 fully saturated rings. The highest BCUT2D eigenvalue weighted by Gasteiger charge is 2.21. The van der Waals surface area contributed by atoms with Gasteiger partial charge in [-0.25, -0.2) is 0 Å². The molecule has 0 atom stereocenters. The number of anilines is 1. The van der Waals surface area contributed by atoms with Crippen molar-refractivity contribution in [2.75, 3.05) is 18.5 Å². The summed E-state index contributed by atoms with van der Waals surface area (Å²) in [4.78, 5) is 4.41. The molecule has 2 aromatic rings. The Morgan fingerprint density at radius 1 is 1.21 bits per heavy atom. The van der Waals surface area contributed by atoms with Gasteiger partial charge < -0.3 is 14.9 Å². The van der Waals surface area contributed by atoms with Crippen LogP contribution in [0.1, 0.15) is 26.6 Å². The third-order valence-corrected chi connectivity index (χ3v) is 2.67. The minimum atomic E-state index is -0.121. The van der Waals surface area contributed by atoms with E-state index in [1.807, 2.05) is 45.0 Å². The van der Waals surface area contributed by atoms with Gasteiger partial charge in [-0.3, -0.25) is 0 Å². The lowest BCUT2D eigenvalue weighted by atomic mass is 9.96. The molecule has 0 radical (unpaired) electrons. The summed E-state index contributed by atoms with van der Waals surface area (Å²) >= 11 is 0. The maximum absolute atomic E-state index is 8.74. The number of aliphatic hydroxyl groups excluding tert-OH is 1. The molecule has 0 aliphatic heterocycles. The summed E-state index contributed by atoms with van der Waals surface area (Å²) in [6.07, 6.45) is 0. The van der Waals surface area contributed by atoms with Crippen LogP contribution in [0.5, 0.6) is 0 Å². The van der Waals surface area contributed by atoms with Crippen LogP contribution in [0.25, 0.3) is 11.5 Å². The zero-order chi connectivity index (χ0) is 13.9. The molecule has 0 saturated carbocycles. The van der Waals surface area contributed by atoms with Crippen LogP contribution in [0.2, 0.25) is 0 Å². The summed E-state index contributed by atoms with van der Waals surface area (Å²) in [7, 11) is 0. The number of hydrogen-bond donors (Lipinski definition) is 2. The van der Waals surface area contributed by atoms with Crippen molar-refractivity contribution in [2.24, 2.45) is 0 Å². The molecule has 1 aromatic heterocycles. The molecule has 0 bridgehead atoms. The van der Waals surface area contributed by atoms with Crippen molar-refractivity contribution in [3.63, 3.8) is 0 Å². The highest BCUT2D eigenvalue weighted by molar-refractivity contribution is 5.58. The molecule has 19 heavy (non-hydrogen) atoms. The fourth-order valence-corrected chi connectivity index (χ4v) is 1.58. The molecule has 2 rings (SSSR count). The zero-order valence-corrected chi connectivity index (χ0v) is 11.5. The van der Waals surface area contributed by atoms with E-state index in [9.17, 15) is 0 Å². The smallest absolute Gasteiger partial charge is 0.257 e. The first-order valence-electron chi connectivity index (χ1n) is 6.30. The van der Waals surface area contributed by atoms with E-state index in [0.717, 1.165) is 11.3 Å². The lowest BCUT2D eigenvalue weighted by Gasteiger charge is -2.10. The first-order valence-corrected chi connectivity index (χ1v) is 6.30. The molecule has 0 aliphatic carbocycles. The third kappa shape index (κ3) is 3.32. The van der Waals surface area contributed by atoms with E-state index >= 15 is 0 Å².